The van der Waals surface area contributed by atoms with E-state index in [-0.39, 0.29) is 11.9 Å². The predicted octanol–water partition coefficient (Wildman–Crippen LogP) is 4.37. The molecule has 0 fully saturated rings. The van der Waals surface area contributed by atoms with E-state index in [1.807, 2.05) is 31.3 Å². The molecule has 0 heterocycles. The third-order valence-corrected chi connectivity index (χ3v) is 4.12. The van der Waals surface area contributed by atoms with E-state index in [4.69, 9.17) is 17.3 Å². The quantitative estimate of drug-likeness (QED) is 0.845. The van der Waals surface area contributed by atoms with E-state index >= 15 is 0 Å². The van der Waals surface area contributed by atoms with E-state index in [2.05, 4.69) is 20.8 Å². The molecule has 0 aliphatic rings. The van der Waals surface area contributed by atoms with Crippen LogP contribution in [0.4, 0.5) is 4.39 Å². The maximum Gasteiger partial charge on any atom is 0.125 e. The fraction of sp³-hybridized carbons (Fsp3) is 0.250. The van der Waals surface area contributed by atoms with Gasteiger partial charge in [-0.15, -0.1) is 0 Å². The molecule has 0 aliphatic carbocycles. The Morgan fingerprint density at radius 1 is 1.24 bits per heavy atom. The first-order valence-electron chi connectivity index (χ1n) is 6.60. The first-order valence-corrected chi connectivity index (χ1v) is 7.77. The van der Waals surface area contributed by atoms with Crippen molar-refractivity contribution in [1.29, 1.82) is 0 Å². The summed E-state index contributed by atoms with van der Waals surface area (Å²) in [6.07, 6.45) is 0. The van der Waals surface area contributed by atoms with Crippen molar-refractivity contribution in [2.45, 2.75) is 12.6 Å². The van der Waals surface area contributed by atoms with Gasteiger partial charge >= 0.3 is 0 Å². The van der Waals surface area contributed by atoms with Crippen LogP contribution in [0, 0.1) is 5.82 Å². The molecule has 0 saturated heterocycles. The molecule has 112 valence electrons. The summed E-state index contributed by atoms with van der Waals surface area (Å²) in [5.74, 6) is -0.340. The van der Waals surface area contributed by atoms with Crippen LogP contribution in [-0.2, 0) is 6.54 Å². The molecule has 0 bridgehead atoms. The minimum atomic E-state index is -0.340. The number of likely N-dealkylation sites (N-methyl/N-ethyl adjacent to an activating group) is 1. The van der Waals surface area contributed by atoms with Gasteiger partial charge in [0.2, 0.25) is 0 Å². The molecule has 21 heavy (non-hydrogen) atoms. The van der Waals surface area contributed by atoms with Gasteiger partial charge in [0.1, 0.15) is 5.82 Å². The topological polar surface area (TPSA) is 29.3 Å². The van der Waals surface area contributed by atoms with Gasteiger partial charge in [-0.2, -0.15) is 0 Å². The lowest BCUT2D eigenvalue weighted by atomic mass is 10.0. The van der Waals surface area contributed by atoms with Gasteiger partial charge in [-0.1, -0.05) is 39.7 Å². The van der Waals surface area contributed by atoms with E-state index in [9.17, 15) is 4.39 Å². The van der Waals surface area contributed by atoms with E-state index in [0.717, 1.165) is 16.6 Å². The maximum absolute atomic E-state index is 13.5. The maximum atomic E-state index is 13.5. The second-order valence-electron chi connectivity index (χ2n) is 5.00. The highest BCUT2D eigenvalue weighted by molar-refractivity contribution is 9.10. The van der Waals surface area contributed by atoms with Crippen molar-refractivity contribution in [2.75, 3.05) is 13.6 Å². The first-order chi connectivity index (χ1) is 9.99. The smallest absolute Gasteiger partial charge is 0.125 e. The van der Waals surface area contributed by atoms with Crippen molar-refractivity contribution in [3.8, 4) is 0 Å². The Hall–Kier alpha value is -0.940. The van der Waals surface area contributed by atoms with Gasteiger partial charge in [0.15, 0.2) is 0 Å². The second-order valence-corrected chi connectivity index (χ2v) is 6.35. The number of nitrogens with zero attached hydrogens (tertiary/aromatic N) is 1. The summed E-state index contributed by atoms with van der Waals surface area (Å²) in [5.41, 5.74) is 7.83. The van der Waals surface area contributed by atoms with Gasteiger partial charge in [-0.25, -0.2) is 4.39 Å². The van der Waals surface area contributed by atoms with Crippen molar-refractivity contribution in [2.24, 2.45) is 5.73 Å². The Kier molecular flexibility index (Phi) is 5.76. The Morgan fingerprint density at radius 2 is 1.90 bits per heavy atom. The minimum Gasteiger partial charge on any atom is -0.329 e. The number of rotatable bonds is 5. The summed E-state index contributed by atoms with van der Waals surface area (Å²) in [7, 11) is 1.97. The lowest BCUT2D eigenvalue weighted by Crippen LogP contribution is -2.30. The molecule has 0 aromatic heterocycles. The Labute approximate surface area is 137 Å². The van der Waals surface area contributed by atoms with Crippen LogP contribution >= 0.6 is 27.5 Å². The molecule has 2 aromatic rings. The Morgan fingerprint density at radius 3 is 2.48 bits per heavy atom. The molecule has 2 N–H and O–H groups in total. The molecule has 1 atom stereocenters. The third-order valence-electron chi connectivity index (χ3n) is 3.37. The highest BCUT2D eigenvalue weighted by atomic mass is 79.9. The number of benzene rings is 2. The van der Waals surface area contributed by atoms with Gasteiger partial charge in [-0.05, 0) is 48.5 Å². The zero-order chi connectivity index (χ0) is 15.4. The van der Waals surface area contributed by atoms with E-state index in [0.29, 0.717) is 11.6 Å². The molecule has 2 aromatic carbocycles. The van der Waals surface area contributed by atoms with Gasteiger partial charge in [-0.3, -0.25) is 4.90 Å². The summed E-state index contributed by atoms with van der Waals surface area (Å²) < 4.78 is 14.6. The molecular formula is C16H17BrClFN2. The average Bonchev–Trinajstić information content (AvgIpc) is 2.41. The van der Waals surface area contributed by atoms with Gasteiger partial charge in [0, 0.05) is 28.6 Å². The fourth-order valence-corrected chi connectivity index (χ4v) is 2.82. The molecule has 1 unspecified atom stereocenters. The zero-order valence-electron chi connectivity index (χ0n) is 11.7. The predicted molar refractivity (Wildman–Crippen MR) is 88.8 cm³/mol. The molecule has 2 rings (SSSR count). The molecule has 0 amide bonds. The molecule has 0 saturated carbocycles. The number of halogens is 3. The van der Waals surface area contributed by atoms with Crippen LogP contribution in [0.15, 0.2) is 46.9 Å². The van der Waals surface area contributed by atoms with Crippen molar-refractivity contribution in [3.63, 3.8) is 0 Å². The van der Waals surface area contributed by atoms with Crippen molar-refractivity contribution >= 4 is 27.5 Å². The zero-order valence-corrected chi connectivity index (χ0v) is 14.0. The first kappa shape index (κ1) is 16.4. The molecule has 2 nitrogen and oxygen atoms in total. The van der Waals surface area contributed by atoms with Crippen molar-refractivity contribution in [3.05, 3.63) is 68.9 Å². The van der Waals surface area contributed by atoms with Crippen LogP contribution in [0.2, 0.25) is 5.02 Å². The summed E-state index contributed by atoms with van der Waals surface area (Å²) >= 11 is 9.35. The van der Waals surface area contributed by atoms with Gasteiger partial charge in [0.25, 0.3) is 0 Å². The molecular weight excluding hydrogens is 355 g/mol. The van der Waals surface area contributed by atoms with E-state index < -0.39 is 0 Å². The van der Waals surface area contributed by atoms with Crippen LogP contribution in [0.1, 0.15) is 17.2 Å². The largest absolute Gasteiger partial charge is 0.329 e. The van der Waals surface area contributed by atoms with Crippen LogP contribution < -0.4 is 5.73 Å². The van der Waals surface area contributed by atoms with E-state index in [1.165, 1.54) is 17.7 Å². The summed E-state index contributed by atoms with van der Waals surface area (Å²) in [6.45, 7) is 1.12. The highest BCUT2D eigenvalue weighted by Crippen LogP contribution is 2.24. The highest BCUT2D eigenvalue weighted by Gasteiger charge is 2.17. The van der Waals surface area contributed by atoms with E-state index in [1.54, 1.807) is 6.07 Å². The molecule has 0 aliphatic heterocycles. The van der Waals surface area contributed by atoms with Crippen LogP contribution in [0.25, 0.3) is 0 Å². The monoisotopic (exact) mass is 370 g/mol. The Bertz CT molecular complexity index is 583. The van der Waals surface area contributed by atoms with Crippen molar-refractivity contribution < 1.29 is 4.39 Å². The Balaban J connectivity index is 2.17. The van der Waals surface area contributed by atoms with Gasteiger partial charge in [0.05, 0.1) is 0 Å². The van der Waals surface area contributed by atoms with Crippen LogP contribution in [0.3, 0.4) is 0 Å². The average molecular weight is 372 g/mol. The molecule has 5 heteroatoms. The number of hydrogen-bond acceptors (Lipinski definition) is 2. The summed E-state index contributed by atoms with van der Waals surface area (Å²) in [4.78, 5) is 2.09. The fourth-order valence-electron chi connectivity index (χ4n) is 2.33. The molecule has 0 spiro atoms. The summed E-state index contributed by atoms with van der Waals surface area (Å²) in [5, 5.41) is 0.389. The standard InChI is InChI=1S/C16H17BrClFN2/c1-21(10-11-2-4-13(17)5-3-11)16(9-20)12-6-14(18)8-15(19)7-12/h2-8,16H,9-10,20H2,1H3. The normalized spacial score (nSPS) is 12.7. The minimum absolute atomic E-state index is 0.0816. The van der Waals surface area contributed by atoms with Crippen LogP contribution in [0.5, 0.6) is 0 Å². The second kappa shape index (κ2) is 7.36. The molecule has 0 radical (unpaired) electrons. The summed E-state index contributed by atoms with van der Waals surface area (Å²) in [6, 6.07) is 12.6. The lowest BCUT2D eigenvalue weighted by molar-refractivity contribution is 0.241. The number of hydrogen-bond donors (Lipinski definition) is 1. The van der Waals surface area contributed by atoms with Crippen molar-refractivity contribution in [1.82, 2.24) is 4.90 Å². The van der Waals surface area contributed by atoms with Gasteiger partial charge < -0.3 is 5.73 Å². The lowest BCUT2D eigenvalue weighted by Gasteiger charge is -2.27. The number of nitrogens with two attached hydrogens (primary N) is 1. The van der Waals surface area contributed by atoms with Crippen LogP contribution in [-0.4, -0.2) is 18.5 Å². The SMILES string of the molecule is CN(Cc1ccc(Br)cc1)C(CN)c1cc(F)cc(Cl)c1. The third kappa shape index (κ3) is 4.51.